The van der Waals surface area contributed by atoms with Crippen LogP contribution in [0, 0.1) is 0 Å². The zero-order valence-corrected chi connectivity index (χ0v) is 16.4. The molecule has 0 bridgehead atoms. The first-order chi connectivity index (χ1) is 13.3. The average molecular weight is 398 g/mol. The van der Waals surface area contributed by atoms with Gasteiger partial charge >= 0.3 is 0 Å². The SMILES string of the molecule is O=C(c1nc(-c2cccs2)cs1)N1CCN(c2ccc(C3CC3)nn2)CC1. The fraction of sp³-hybridized carbons (Fsp3) is 0.368. The topological polar surface area (TPSA) is 62.2 Å². The Morgan fingerprint density at radius 2 is 1.89 bits per heavy atom. The second-order valence-corrected chi connectivity index (χ2v) is 8.69. The number of amides is 1. The Balaban J connectivity index is 1.21. The van der Waals surface area contributed by atoms with Crippen molar-refractivity contribution in [2.24, 2.45) is 0 Å². The third-order valence-corrected chi connectivity index (χ3v) is 6.74. The fourth-order valence-corrected chi connectivity index (χ4v) is 4.83. The van der Waals surface area contributed by atoms with E-state index in [2.05, 4.69) is 32.2 Å². The monoisotopic (exact) mass is 397 g/mol. The Bertz CT molecular complexity index is 925. The number of hydrogen-bond acceptors (Lipinski definition) is 7. The minimum Gasteiger partial charge on any atom is -0.352 e. The third-order valence-electron chi connectivity index (χ3n) is 5.02. The van der Waals surface area contributed by atoms with Crippen LogP contribution >= 0.6 is 22.7 Å². The van der Waals surface area contributed by atoms with Gasteiger partial charge in [-0.1, -0.05) is 6.07 Å². The number of thiophene rings is 1. The summed E-state index contributed by atoms with van der Waals surface area (Å²) in [5.74, 6) is 1.55. The van der Waals surface area contributed by atoms with Crippen molar-refractivity contribution >= 4 is 34.4 Å². The number of anilines is 1. The molecule has 3 aromatic rings. The van der Waals surface area contributed by atoms with E-state index in [-0.39, 0.29) is 5.91 Å². The summed E-state index contributed by atoms with van der Waals surface area (Å²) in [7, 11) is 0. The maximum atomic E-state index is 12.8. The van der Waals surface area contributed by atoms with E-state index in [1.807, 2.05) is 27.8 Å². The quantitative estimate of drug-likeness (QED) is 0.674. The molecule has 1 saturated heterocycles. The van der Waals surface area contributed by atoms with E-state index >= 15 is 0 Å². The van der Waals surface area contributed by atoms with Crippen molar-refractivity contribution in [2.45, 2.75) is 18.8 Å². The molecule has 138 valence electrons. The lowest BCUT2D eigenvalue weighted by Crippen LogP contribution is -2.49. The van der Waals surface area contributed by atoms with Crippen molar-refractivity contribution in [3.05, 3.63) is 45.7 Å². The van der Waals surface area contributed by atoms with Gasteiger partial charge in [-0.05, 0) is 36.4 Å². The van der Waals surface area contributed by atoms with Crippen LogP contribution in [0.2, 0.25) is 0 Å². The van der Waals surface area contributed by atoms with Gasteiger partial charge in [-0.2, -0.15) is 5.10 Å². The highest BCUT2D eigenvalue weighted by Crippen LogP contribution is 2.38. The number of rotatable bonds is 4. The van der Waals surface area contributed by atoms with E-state index in [4.69, 9.17) is 0 Å². The molecule has 8 heteroatoms. The molecular weight excluding hydrogens is 378 g/mol. The molecule has 4 heterocycles. The molecule has 1 amide bonds. The summed E-state index contributed by atoms with van der Waals surface area (Å²) in [6, 6.07) is 8.19. The van der Waals surface area contributed by atoms with E-state index in [1.165, 1.54) is 24.2 Å². The molecule has 2 aliphatic rings. The molecule has 0 radical (unpaired) electrons. The Morgan fingerprint density at radius 3 is 2.56 bits per heavy atom. The highest BCUT2D eigenvalue weighted by Gasteiger charge is 2.27. The Kier molecular flexibility index (Phi) is 4.37. The van der Waals surface area contributed by atoms with E-state index in [0.717, 1.165) is 35.2 Å². The predicted octanol–water partition coefficient (Wildman–Crippen LogP) is 3.50. The van der Waals surface area contributed by atoms with Gasteiger partial charge in [0.05, 0.1) is 16.3 Å². The Hall–Kier alpha value is -2.32. The lowest BCUT2D eigenvalue weighted by Gasteiger charge is -2.34. The van der Waals surface area contributed by atoms with Crippen molar-refractivity contribution < 1.29 is 4.79 Å². The lowest BCUT2D eigenvalue weighted by molar-refractivity contribution is 0.0746. The van der Waals surface area contributed by atoms with Crippen LogP contribution in [0.15, 0.2) is 35.0 Å². The van der Waals surface area contributed by atoms with E-state index in [0.29, 0.717) is 24.0 Å². The maximum Gasteiger partial charge on any atom is 0.282 e. The van der Waals surface area contributed by atoms with Crippen LogP contribution in [-0.2, 0) is 0 Å². The Labute approximate surface area is 165 Å². The molecule has 0 spiro atoms. The largest absolute Gasteiger partial charge is 0.352 e. The van der Waals surface area contributed by atoms with Gasteiger partial charge in [0.15, 0.2) is 10.8 Å². The van der Waals surface area contributed by atoms with Gasteiger partial charge in [-0.15, -0.1) is 27.8 Å². The minimum atomic E-state index is 0.0256. The number of carbonyl (C=O) groups is 1. The smallest absolute Gasteiger partial charge is 0.282 e. The van der Waals surface area contributed by atoms with Crippen LogP contribution < -0.4 is 4.90 Å². The van der Waals surface area contributed by atoms with Crippen molar-refractivity contribution in [1.29, 1.82) is 0 Å². The van der Waals surface area contributed by atoms with E-state index < -0.39 is 0 Å². The molecule has 0 unspecified atom stereocenters. The highest BCUT2D eigenvalue weighted by atomic mass is 32.1. The van der Waals surface area contributed by atoms with Crippen LogP contribution in [0.4, 0.5) is 5.82 Å². The molecule has 6 nitrogen and oxygen atoms in total. The molecular formula is C19H19N5OS2. The second kappa shape index (κ2) is 7.01. The van der Waals surface area contributed by atoms with Crippen molar-refractivity contribution in [1.82, 2.24) is 20.1 Å². The van der Waals surface area contributed by atoms with Gasteiger partial charge in [-0.3, -0.25) is 4.79 Å². The molecule has 27 heavy (non-hydrogen) atoms. The number of nitrogens with zero attached hydrogens (tertiary/aromatic N) is 5. The van der Waals surface area contributed by atoms with E-state index in [9.17, 15) is 4.79 Å². The van der Waals surface area contributed by atoms with Crippen LogP contribution in [0.5, 0.6) is 0 Å². The minimum absolute atomic E-state index is 0.0256. The zero-order chi connectivity index (χ0) is 18.2. The standard InChI is InChI=1S/C19H19N5OS2/c25-19(18-20-15(12-27-18)16-2-1-11-26-16)24-9-7-23(8-10-24)17-6-5-14(21-22-17)13-3-4-13/h1-2,5-6,11-13H,3-4,7-10H2. The van der Waals surface area contributed by atoms with Gasteiger partial charge < -0.3 is 9.80 Å². The summed E-state index contributed by atoms with van der Waals surface area (Å²) in [6.45, 7) is 2.90. The van der Waals surface area contributed by atoms with Crippen LogP contribution in [0.1, 0.15) is 34.3 Å². The zero-order valence-electron chi connectivity index (χ0n) is 14.7. The molecule has 0 atom stereocenters. The Morgan fingerprint density at radius 1 is 1.04 bits per heavy atom. The molecule has 1 aliphatic carbocycles. The number of thiazole rings is 1. The fourth-order valence-electron chi connectivity index (χ4n) is 3.28. The number of carbonyl (C=O) groups excluding carboxylic acids is 1. The van der Waals surface area contributed by atoms with Gasteiger partial charge in [0.2, 0.25) is 0 Å². The lowest BCUT2D eigenvalue weighted by atomic mass is 10.2. The number of aromatic nitrogens is 3. The van der Waals surface area contributed by atoms with Crippen LogP contribution in [0.25, 0.3) is 10.6 Å². The average Bonchev–Trinajstić information content (AvgIpc) is 3.20. The van der Waals surface area contributed by atoms with Crippen molar-refractivity contribution in [3.63, 3.8) is 0 Å². The molecule has 5 rings (SSSR count). The van der Waals surface area contributed by atoms with Gasteiger partial charge in [0, 0.05) is 37.5 Å². The first kappa shape index (κ1) is 16.8. The summed E-state index contributed by atoms with van der Waals surface area (Å²) in [4.78, 5) is 22.5. The summed E-state index contributed by atoms with van der Waals surface area (Å²) in [6.07, 6.45) is 2.47. The second-order valence-electron chi connectivity index (χ2n) is 6.89. The molecule has 0 N–H and O–H groups in total. The molecule has 3 aromatic heterocycles. The maximum absolute atomic E-state index is 12.8. The number of piperazine rings is 1. The normalized spacial score (nSPS) is 17.3. The molecule has 0 aromatic carbocycles. The third kappa shape index (κ3) is 3.46. The predicted molar refractivity (Wildman–Crippen MR) is 108 cm³/mol. The van der Waals surface area contributed by atoms with Gasteiger partial charge in [-0.25, -0.2) is 4.98 Å². The van der Waals surface area contributed by atoms with Gasteiger partial charge in [0.25, 0.3) is 5.91 Å². The highest BCUT2D eigenvalue weighted by molar-refractivity contribution is 7.15. The molecule has 1 aliphatic heterocycles. The van der Waals surface area contributed by atoms with Gasteiger partial charge in [0.1, 0.15) is 0 Å². The number of hydrogen-bond donors (Lipinski definition) is 0. The van der Waals surface area contributed by atoms with Crippen molar-refractivity contribution in [3.8, 4) is 10.6 Å². The summed E-state index contributed by atoms with van der Waals surface area (Å²) in [5, 5.41) is 13.3. The molecule has 1 saturated carbocycles. The van der Waals surface area contributed by atoms with Crippen LogP contribution in [-0.4, -0.2) is 52.2 Å². The van der Waals surface area contributed by atoms with Crippen molar-refractivity contribution in [2.75, 3.05) is 31.1 Å². The van der Waals surface area contributed by atoms with E-state index in [1.54, 1.807) is 11.3 Å². The van der Waals surface area contributed by atoms with Crippen LogP contribution in [0.3, 0.4) is 0 Å². The summed E-state index contributed by atoms with van der Waals surface area (Å²) >= 11 is 3.07. The summed E-state index contributed by atoms with van der Waals surface area (Å²) < 4.78 is 0. The first-order valence-corrected chi connectivity index (χ1v) is 10.9. The molecule has 2 fully saturated rings. The summed E-state index contributed by atoms with van der Waals surface area (Å²) in [5.41, 5.74) is 2.00. The first-order valence-electron chi connectivity index (χ1n) is 9.15.